The summed E-state index contributed by atoms with van der Waals surface area (Å²) in [7, 11) is 0. The van der Waals surface area contributed by atoms with E-state index in [4.69, 9.17) is 0 Å². The van der Waals surface area contributed by atoms with Gasteiger partial charge < -0.3 is 0 Å². The third kappa shape index (κ3) is 18.1. The van der Waals surface area contributed by atoms with Gasteiger partial charge in [0.2, 0.25) is 0 Å². The minimum absolute atomic E-state index is 0.0458. The molecule has 0 fully saturated rings. The average molecular weight is 319 g/mol. The lowest BCUT2D eigenvalue weighted by Gasteiger charge is -2.01. The second-order valence-corrected chi connectivity index (χ2v) is 3.76. The van der Waals surface area contributed by atoms with E-state index < -0.39 is 0 Å². The van der Waals surface area contributed by atoms with Gasteiger partial charge in [-0.25, -0.2) is 0 Å². The maximum absolute atomic E-state index is 12.1. The van der Waals surface area contributed by atoms with Crippen LogP contribution in [0.2, 0.25) is 0 Å². The number of carbonyl (C=O) groups is 1. The van der Waals surface area contributed by atoms with Crippen LogP contribution in [0.3, 0.4) is 0 Å². The Kier molecular flexibility index (Phi) is 31.8. The SMILES string of the molecule is C=C/C=C(\C=C/C)C(=O)/C(C=C)=C/C=C(C)C.CC.CC.CC. The molecule has 0 aliphatic heterocycles. The van der Waals surface area contributed by atoms with Crippen LogP contribution in [0.5, 0.6) is 0 Å². The molecule has 23 heavy (non-hydrogen) atoms. The first kappa shape index (κ1) is 29.2. The zero-order chi connectivity index (χ0) is 19.3. The molecule has 0 saturated carbocycles. The van der Waals surface area contributed by atoms with Crippen molar-refractivity contribution in [3.8, 4) is 0 Å². The summed E-state index contributed by atoms with van der Waals surface area (Å²) in [5.74, 6) is -0.0458. The molecule has 0 spiro atoms. The molecule has 0 saturated heterocycles. The van der Waals surface area contributed by atoms with E-state index >= 15 is 0 Å². The molecule has 0 aliphatic rings. The molecule has 0 aromatic heterocycles. The van der Waals surface area contributed by atoms with Crippen molar-refractivity contribution in [2.75, 3.05) is 0 Å². The molecular formula is C22H38O. The first-order valence-electron chi connectivity index (χ1n) is 8.54. The molecule has 0 radical (unpaired) electrons. The highest BCUT2D eigenvalue weighted by atomic mass is 16.1. The van der Waals surface area contributed by atoms with Gasteiger partial charge in [0.05, 0.1) is 0 Å². The summed E-state index contributed by atoms with van der Waals surface area (Å²) in [5.41, 5.74) is 2.32. The van der Waals surface area contributed by atoms with E-state index in [1.165, 1.54) is 0 Å². The number of hydrogen-bond acceptors (Lipinski definition) is 1. The largest absolute Gasteiger partial charge is 0.289 e. The Morgan fingerprint density at radius 3 is 1.57 bits per heavy atom. The molecule has 0 aliphatic carbocycles. The summed E-state index contributed by atoms with van der Waals surface area (Å²) in [5, 5.41) is 0. The molecule has 0 rings (SSSR count). The van der Waals surface area contributed by atoms with Gasteiger partial charge in [-0.05, 0) is 20.8 Å². The lowest BCUT2D eigenvalue weighted by molar-refractivity contribution is -0.111. The zero-order valence-electron chi connectivity index (χ0n) is 16.9. The predicted molar refractivity (Wildman–Crippen MR) is 110 cm³/mol. The fourth-order valence-electron chi connectivity index (χ4n) is 1.17. The molecule has 0 heterocycles. The molecule has 0 aromatic rings. The van der Waals surface area contributed by atoms with Gasteiger partial charge in [-0.1, -0.05) is 103 Å². The van der Waals surface area contributed by atoms with Gasteiger partial charge in [0.15, 0.2) is 5.78 Å². The number of rotatable bonds is 6. The first-order chi connectivity index (χ1) is 11.1. The van der Waals surface area contributed by atoms with E-state index in [-0.39, 0.29) is 5.78 Å². The molecule has 0 aromatic carbocycles. The Hall–Kier alpha value is -1.89. The van der Waals surface area contributed by atoms with Crippen LogP contribution in [-0.4, -0.2) is 5.78 Å². The predicted octanol–water partition coefficient (Wildman–Crippen LogP) is 7.40. The third-order valence-electron chi connectivity index (χ3n) is 1.98. The lowest BCUT2D eigenvalue weighted by atomic mass is 10.0. The lowest BCUT2D eigenvalue weighted by Crippen LogP contribution is -2.02. The Morgan fingerprint density at radius 2 is 1.26 bits per heavy atom. The number of carbonyl (C=O) groups excluding carboxylic acids is 1. The van der Waals surface area contributed by atoms with Crippen LogP contribution in [0, 0.1) is 0 Å². The minimum Gasteiger partial charge on any atom is -0.289 e. The van der Waals surface area contributed by atoms with Crippen LogP contribution in [-0.2, 0) is 4.79 Å². The van der Waals surface area contributed by atoms with Gasteiger partial charge in [0.1, 0.15) is 0 Å². The van der Waals surface area contributed by atoms with Gasteiger partial charge in [-0.15, -0.1) is 0 Å². The molecule has 0 bridgehead atoms. The fraction of sp³-hybridized carbons (Fsp3) is 0.409. The number of Topliss-reactive ketones (excluding diaryl/α,β-unsaturated/α-hetero) is 1. The summed E-state index contributed by atoms with van der Waals surface area (Å²) < 4.78 is 0. The maximum atomic E-state index is 12.1. The molecule has 0 atom stereocenters. The quantitative estimate of drug-likeness (QED) is 0.368. The molecule has 0 amide bonds. The molecule has 1 nitrogen and oxygen atoms in total. The average Bonchev–Trinajstić information content (AvgIpc) is 2.60. The van der Waals surface area contributed by atoms with Crippen molar-refractivity contribution < 1.29 is 4.79 Å². The second kappa shape index (κ2) is 25.1. The molecule has 132 valence electrons. The number of hydrogen-bond donors (Lipinski definition) is 0. The van der Waals surface area contributed by atoms with Crippen LogP contribution in [0.4, 0.5) is 0 Å². The maximum Gasteiger partial charge on any atom is 0.192 e. The van der Waals surface area contributed by atoms with Crippen molar-refractivity contribution >= 4 is 5.78 Å². The second-order valence-electron chi connectivity index (χ2n) is 3.76. The monoisotopic (exact) mass is 318 g/mol. The Labute approximate surface area is 145 Å². The van der Waals surface area contributed by atoms with Crippen LogP contribution in [0.1, 0.15) is 62.3 Å². The summed E-state index contributed by atoms with van der Waals surface area (Å²) in [4.78, 5) is 12.1. The van der Waals surface area contributed by atoms with Gasteiger partial charge in [0, 0.05) is 11.1 Å². The first-order valence-corrected chi connectivity index (χ1v) is 8.54. The third-order valence-corrected chi connectivity index (χ3v) is 1.98. The van der Waals surface area contributed by atoms with Gasteiger partial charge >= 0.3 is 0 Å². The summed E-state index contributed by atoms with van der Waals surface area (Å²) in [6, 6.07) is 0. The standard InChI is InChI=1S/C16H20O.3C2H6/c1-6-9-15(10-7-2)16(17)14(8-3)12-11-13(4)5;3*1-2/h6-12H,1,3H2,2,4-5H3;3*1-2H3/b10-7-,14-12+,15-9+;;;. The van der Waals surface area contributed by atoms with Crippen LogP contribution >= 0.6 is 0 Å². The Balaban J connectivity index is -0.000000267. The Morgan fingerprint density at radius 1 is 0.783 bits per heavy atom. The van der Waals surface area contributed by atoms with Gasteiger partial charge in [-0.3, -0.25) is 4.79 Å². The molecule has 0 N–H and O–H groups in total. The van der Waals surface area contributed by atoms with Crippen molar-refractivity contribution in [2.45, 2.75) is 62.3 Å². The zero-order valence-corrected chi connectivity index (χ0v) is 16.9. The van der Waals surface area contributed by atoms with Gasteiger partial charge in [-0.2, -0.15) is 0 Å². The van der Waals surface area contributed by atoms with E-state index in [2.05, 4.69) is 13.2 Å². The summed E-state index contributed by atoms with van der Waals surface area (Å²) in [6.07, 6.45) is 12.2. The van der Waals surface area contributed by atoms with Crippen molar-refractivity contribution in [1.29, 1.82) is 0 Å². The van der Waals surface area contributed by atoms with E-state index in [0.717, 1.165) is 5.57 Å². The highest BCUT2D eigenvalue weighted by molar-refractivity contribution is 6.12. The van der Waals surface area contributed by atoms with Crippen molar-refractivity contribution in [3.63, 3.8) is 0 Å². The highest BCUT2D eigenvalue weighted by Gasteiger charge is 2.08. The van der Waals surface area contributed by atoms with Crippen LogP contribution < -0.4 is 0 Å². The molecule has 0 unspecified atom stereocenters. The number of ketones is 1. The highest BCUT2D eigenvalue weighted by Crippen LogP contribution is 2.10. The van der Waals surface area contributed by atoms with E-state index in [1.807, 2.05) is 74.5 Å². The van der Waals surface area contributed by atoms with Crippen LogP contribution in [0.15, 0.2) is 72.4 Å². The van der Waals surface area contributed by atoms with Crippen molar-refractivity contribution in [3.05, 3.63) is 72.4 Å². The van der Waals surface area contributed by atoms with E-state index in [1.54, 1.807) is 30.4 Å². The topological polar surface area (TPSA) is 17.1 Å². The fourth-order valence-corrected chi connectivity index (χ4v) is 1.17. The van der Waals surface area contributed by atoms with E-state index in [0.29, 0.717) is 11.1 Å². The molecule has 1 heteroatoms. The van der Waals surface area contributed by atoms with Crippen molar-refractivity contribution in [1.82, 2.24) is 0 Å². The van der Waals surface area contributed by atoms with E-state index in [9.17, 15) is 4.79 Å². The summed E-state index contributed by atoms with van der Waals surface area (Å²) >= 11 is 0. The summed E-state index contributed by atoms with van der Waals surface area (Å²) in [6.45, 7) is 25.1. The minimum atomic E-state index is -0.0458. The smallest absolute Gasteiger partial charge is 0.192 e. The van der Waals surface area contributed by atoms with Crippen molar-refractivity contribution in [2.24, 2.45) is 0 Å². The molecular weight excluding hydrogens is 280 g/mol. The normalized spacial score (nSPS) is 9.96. The number of allylic oxidation sites excluding steroid dienone is 10. The van der Waals surface area contributed by atoms with Gasteiger partial charge in [0.25, 0.3) is 0 Å². The van der Waals surface area contributed by atoms with Crippen LogP contribution in [0.25, 0.3) is 0 Å². The Bertz CT molecular complexity index is 411.